The van der Waals surface area contributed by atoms with Gasteiger partial charge in [-0.1, -0.05) is 26.0 Å². The molecule has 0 bridgehead atoms. The second-order valence-electron chi connectivity index (χ2n) is 4.65. The molecule has 20 heavy (non-hydrogen) atoms. The van der Waals surface area contributed by atoms with E-state index in [1.165, 1.54) is 18.2 Å². The summed E-state index contributed by atoms with van der Waals surface area (Å²) in [6.45, 7) is 4.08. The van der Waals surface area contributed by atoms with Crippen LogP contribution in [0.1, 0.15) is 40.9 Å². The highest BCUT2D eigenvalue weighted by molar-refractivity contribution is 9.10. The number of ketones is 1. The first-order chi connectivity index (χ1) is 9.56. The summed E-state index contributed by atoms with van der Waals surface area (Å²) in [5.74, 6) is -0.421. The number of carbonyl (C=O) groups is 1. The molecule has 0 aliphatic heterocycles. The van der Waals surface area contributed by atoms with Crippen LogP contribution in [0.5, 0.6) is 0 Å². The van der Waals surface area contributed by atoms with Gasteiger partial charge in [0, 0.05) is 15.6 Å². The Labute approximate surface area is 127 Å². The fraction of sp³-hybridized carbons (Fsp3) is 0.235. The first-order valence-corrected chi connectivity index (χ1v) is 7.47. The molecule has 0 atom stereocenters. The van der Waals surface area contributed by atoms with Gasteiger partial charge >= 0.3 is 0 Å². The predicted molar refractivity (Wildman–Crippen MR) is 82.7 cm³/mol. The molecular weight excluding hydrogens is 319 g/mol. The molecule has 0 aliphatic rings. The van der Waals surface area contributed by atoms with Crippen molar-refractivity contribution in [3.05, 3.63) is 68.9 Å². The average Bonchev–Trinajstić information content (AvgIpc) is 2.46. The molecule has 0 amide bonds. The Balaban J connectivity index is 2.51. The molecule has 2 aromatic rings. The van der Waals surface area contributed by atoms with Crippen LogP contribution in [0.25, 0.3) is 0 Å². The zero-order chi connectivity index (χ0) is 14.7. The topological polar surface area (TPSA) is 17.1 Å². The van der Waals surface area contributed by atoms with Gasteiger partial charge in [-0.25, -0.2) is 4.39 Å². The van der Waals surface area contributed by atoms with Crippen LogP contribution in [0, 0.1) is 5.82 Å². The van der Waals surface area contributed by atoms with Gasteiger partial charge in [-0.15, -0.1) is 0 Å². The van der Waals surface area contributed by atoms with Gasteiger partial charge in [0.25, 0.3) is 0 Å². The Morgan fingerprint density at radius 1 is 1.05 bits per heavy atom. The Morgan fingerprint density at radius 2 is 1.80 bits per heavy atom. The molecule has 0 N–H and O–H groups in total. The third-order valence-electron chi connectivity index (χ3n) is 3.38. The highest BCUT2D eigenvalue weighted by Crippen LogP contribution is 2.24. The molecule has 0 saturated carbocycles. The van der Waals surface area contributed by atoms with Gasteiger partial charge in [-0.3, -0.25) is 4.79 Å². The molecule has 1 nitrogen and oxygen atoms in total. The van der Waals surface area contributed by atoms with E-state index in [2.05, 4.69) is 28.9 Å². The highest BCUT2D eigenvalue weighted by Gasteiger charge is 2.16. The van der Waals surface area contributed by atoms with Gasteiger partial charge in [-0.05, 0) is 64.2 Å². The lowest BCUT2D eigenvalue weighted by atomic mass is 9.94. The summed E-state index contributed by atoms with van der Waals surface area (Å²) in [6, 6.07) is 10.2. The normalized spacial score (nSPS) is 10.6. The molecule has 0 aliphatic carbocycles. The van der Waals surface area contributed by atoms with E-state index >= 15 is 0 Å². The van der Waals surface area contributed by atoms with Crippen LogP contribution in [-0.4, -0.2) is 5.78 Å². The molecule has 0 heterocycles. The fourth-order valence-corrected chi connectivity index (χ4v) is 2.71. The van der Waals surface area contributed by atoms with Crippen molar-refractivity contribution >= 4 is 21.7 Å². The lowest BCUT2D eigenvalue weighted by molar-refractivity contribution is 0.103. The number of benzene rings is 2. The summed E-state index contributed by atoms with van der Waals surface area (Å²) in [5.41, 5.74) is 3.35. The number of carbonyl (C=O) groups excluding carboxylic acids is 1. The van der Waals surface area contributed by atoms with E-state index in [-0.39, 0.29) is 11.6 Å². The number of hydrogen-bond acceptors (Lipinski definition) is 1. The van der Waals surface area contributed by atoms with Gasteiger partial charge < -0.3 is 0 Å². The largest absolute Gasteiger partial charge is 0.289 e. The summed E-state index contributed by atoms with van der Waals surface area (Å²) in [4.78, 5) is 12.7. The van der Waals surface area contributed by atoms with Crippen LogP contribution in [0.15, 0.2) is 40.9 Å². The highest BCUT2D eigenvalue weighted by atomic mass is 79.9. The van der Waals surface area contributed by atoms with Crippen molar-refractivity contribution in [2.24, 2.45) is 0 Å². The van der Waals surface area contributed by atoms with E-state index in [1.807, 2.05) is 19.1 Å². The van der Waals surface area contributed by atoms with Gasteiger partial charge in [-0.2, -0.15) is 0 Å². The monoisotopic (exact) mass is 334 g/mol. The maximum Gasteiger partial charge on any atom is 0.194 e. The van der Waals surface area contributed by atoms with Gasteiger partial charge in [0.05, 0.1) is 0 Å². The lowest BCUT2D eigenvalue weighted by Crippen LogP contribution is -2.07. The summed E-state index contributed by atoms with van der Waals surface area (Å²) < 4.78 is 13.6. The summed E-state index contributed by atoms with van der Waals surface area (Å²) >= 11 is 3.27. The molecule has 0 radical (unpaired) electrons. The van der Waals surface area contributed by atoms with Gasteiger partial charge in [0.1, 0.15) is 5.82 Å². The molecule has 104 valence electrons. The van der Waals surface area contributed by atoms with Crippen LogP contribution in [0.4, 0.5) is 4.39 Å². The van der Waals surface area contributed by atoms with Crippen molar-refractivity contribution in [1.29, 1.82) is 0 Å². The second-order valence-corrected chi connectivity index (χ2v) is 5.51. The van der Waals surface area contributed by atoms with Crippen LogP contribution in [-0.2, 0) is 12.8 Å². The SMILES string of the molecule is CCc1ccc(CC)c(C(=O)c2ccc(F)cc2Br)c1. The zero-order valence-electron chi connectivity index (χ0n) is 11.5. The maximum absolute atomic E-state index is 13.1. The number of hydrogen-bond donors (Lipinski definition) is 0. The second kappa shape index (κ2) is 6.31. The van der Waals surface area contributed by atoms with Crippen molar-refractivity contribution in [3.63, 3.8) is 0 Å². The molecule has 0 aromatic heterocycles. The van der Waals surface area contributed by atoms with E-state index in [4.69, 9.17) is 0 Å². The number of halogens is 2. The minimum absolute atomic E-state index is 0.0657. The van der Waals surface area contributed by atoms with Gasteiger partial charge in [0.2, 0.25) is 0 Å². The molecule has 0 fully saturated rings. The van der Waals surface area contributed by atoms with Gasteiger partial charge in [0.15, 0.2) is 5.78 Å². The third kappa shape index (κ3) is 2.98. The minimum Gasteiger partial charge on any atom is -0.289 e. The number of rotatable bonds is 4. The Hall–Kier alpha value is -1.48. The number of aryl methyl sites for hydroxylation is 2. The summed E-state index contributed by atoms with van der Waals surface area (Å²) in [5, 5.41) is 0. The first kappa shape index (κ1) is 14.9. The first-order valence-electron chi connectivity index (χ1n) is 6.68. The molecule has 3 heteroatoms. The van der Waals surface area contributed by atoms with Crippen LogP contribution in [0.3, 0.4) is 0 Å². The standard InChI is InChI=1S/C17H16BrFO/c1-3-11-5-6-12(4-2)15(9-11)17(20)14-8-7-13(19)10-16(14)18/h5-10H,3-4H2,1-2H3. The molecular formula is C17H16BrFO. The molecule has 2 rings (SSSR count). The molecule has 0 saturated heterocycles. The van der Waals surface area contributed by atoms with Crippen molar-refractivity contribution in [1.82, 2.24) is 0 Å². The van der Waals surface area contributed by atoms with Crippen molar-refractivity contribution in [2.45, 2.75) is 26.7 Å². The Morgan fingerprint density at radius 3 is 2.40 bits per heavy atom. The smallest absolute Gasteiger partial charge is 0.194 e. The van der Waals surface area contributed by atoms with E-state index in [9.17, 15) is 9.18 Å². The Bertz CT molecular complexity index is 649. The Kier molecular flexibility index (Phi) is 4.71. The van der Waals surface area contributed by atoms with Crippen molar-refractivity contribution < 1.29 is 9.18 Å². The van der Waals surface area contributed by atoms with Crippen molar-refractivity contribution in [2.75, 3.05) is 0 Å². The summed E-state index contributed by atoms with van der Waals surface area (Å²) in [7, 11) is 0. The molecule has 0 spiro atoms. The maximum atomic E-state index is 13.1. The van der Waals surface area contributed by atoms with E-state index in [0.717, 1.165) is 24.0 Å². The third-order valence-corrected chi connectivity index (χ3v) is 4.04. The van der Waals surface area contributed by atoms with Crippen LogP contribution >= 0.6 is 15.9 Å². The van der Waals surface area contributed by atoms with E-state index in [1.54, 1.807) is 0 Å². The van der Waals surface area contributed by atoms with E-state index < -0.39 is 0 Å². The fourth-order valence-electron chi connectivity index (χ4n) is 2.18. The predicted octanol–water partition coefficient (Wildman–Crippen LogP) is 4.94. The lowest BCUT2D eigenvalue weighted by Gasteiger charge is -2.10. The molecule has 2 aromatic carbocycles. The zero-order valence-corrected chi connectivity index (χ0v) is 13.1. The van der Waals surface area contributed by atoms with Crippen LogP contribution < -0.4 is 0 Å². The van der Waals surface area contributed by atoms with Crippen LogP contribution in [0.2, 0.25) is 0 Å². The minimum atomic E-state index is -0.355. The van der Waals surface area contributed by atoms with E-state index in [0.29, 0.717) is 15.6 Å². The molecule has 0 unspecified atom stereocenters. The van der Waals surface area contributed by atoms with Crippen molar-refractivity contribution in [3.8, 4) is 0 Å². The average molecular weight is 335 g/mol. The summed E-state index contributed by atoms with van der Waals surface area (Å²) in [6.07, 6.45) is 1.68. The quantitative estimate of drug-likeness (QED) is 0.723.